The molecule has 0 aromatic heterocycles. The summed E-state index contributed by atoms with van der Waals surface area (Å²) in [6, 6.07) is -0.0964. The molecular weight excluding hydrogens is 376 g/mol. The normalized spacial score (nSPS) is 26.2. The molecule has 28 heavy (non-hydrogen) atoms. The summed E-state index contributed by atoms with van der Waals surface area (Å²) in [5, 5.41) is 0. The molecule has 1 unspecified atom stereocenters. The molecule has 3 atom stereocenters. The van der Waals surface area contributed by atoms with Crippen molar-refractivity contribution in [3.05, 3.63) is 0 Å². The van der Waals surface area contributed by atoms with Crippen LogP contribution in [0.15, 0.2) is 0 Å². The molecule has 160 valence electrons. The predicted octanol–water partition coefficient (Wildman–Crippen LogP) is 3.63. The quantitative estimate of drug-likeness (QED) is 0.648. The molecule has 2 aliphatic rings. The van der Waals surface area contributed by atoms with E-state index in [9.17, 15) is 14.4 Å². The van der Waals surface area contributed by atoms with Crippen LogP contribution in [0.5, 0.6) is 0 Å². The van der Waals surface area contributed by atoms with Crippen molar-refractivity contribution in [1.82, 2.24) is 9.80 Å². The van der Waals surface area contributed by atoms with Crippen LogP contribution in [0.4, 0.5) is 9.59 Å². The lowest BCUT2D eigenvalue weighted by Gasteiger charge is -2.29. The Morgan fingerprint density at radius 3 is 2.14 bits per heavy atom. The second-order valence-corrected chi connectivity index (χ2v) is 12.7. The molecule has 2 saturated heterocycles. The van der Waals surface area contributed by atoms with E-state index in [0.717, 1.165) is 6.42 Å². The summed E-state index contributed by atoms with van der Waals surface area (Å²) in [7, 11) is -1.52. The molecule has 0 aromatic carbocycles. The molecule has 0 N–H and O–H groups in total. The first-order chi connectivity index (χ1) is 12.7. The molecule has 0 spiro atoms. The maximum absolute atomic E-state index is 12.7. The molecule has 3 amide bonds. The van der Waals surface area contributed by atoms with Crippen LogP contribution in [0.3, 0.4) is 0 Å². The highest BCUT2D eigenvalue weighted by Gasteiger charge is 2.48. The van der Waals surface area contributed by atoms with Gasteiger partial charge in [-0.05, 0) is 51.6 Å². The predicted molar refractivity (Wildman–Crippen MR) is 109 cm³/mol. The van der Waals surface area contributed by atoms with Gasteiger partial charge >= 0.3 is 12.2 Å². The van der Waals surface area contributed by atoms with Crippen molar-refractivity contribution in [3.63, 3.8) is 0 Å². The monoisotopic (exact) mass is 412 g/mol. The van der Waals surface area contributed by atoms with Crippen molar-refractivity contribution in [2.75, 3.05) is 13.1 Å². The molecule has 2 rings (SSSR count). The molecule has 0 aromatic rings. The van der Waals surface area contributed by atoms with Crippen molar-refractivity contribution in [3.8, 4) is 0 Å². The number of carbonyl (C=O) groups excluding carboxylic acids is 3. The number of imide groups is 1. The third-order valence-corrected chi connectivity index (χ3v) is 6.13. The van der Waals surface area contributed by atoms with E-state index in [0.29, 0.717) is 12.5 Å². The second kappa shape index (κ2) is 8.04. The van der Waals surface area contributed by atoms with Gasteiger partial charge in [0, 0.05) is 31.5 Å². The lowest BCUT2D eigenvalue weighted by atomic mass is 9.78. The Labute approximate surface area is 170 Å². The number of carbonyl (C=O) groups is 3. The minimum absolute atomic E-state index is 0.0516. The zero-order chi connectivity index (χ0) is 21.4. The zero-order valence-corrected chi connectivity index (χ0v) is 19.7. The van der Waals surface area contributed by atoms with E-state index in [1.54, 1.807) is 25.7 Å². The summed E-state index contributed by atoms with van der Waals surface area (Å²) < 4.78 is 11.0. The lowest BCUT2D eigenvalue weighted by molar-refractivity contribution is -0.127. The fraction of sp³-hybridized carbons (Fsp3) is 0.850. The van der Waals surface area contributed by atoms with E-state index < -0.39 is 20.7 Å². The van der Waals surface area contributed by atoms with Crippen molar-refractivity contribution in [2.45, 2.75) is 79.1 Å². The molecule has 0 radical (unpaired) electrons. The number of hydrogen-bond donors (Lipinski definition) is 0. The molecule has 0 bridgehead atoms. The van der Waals surface area contributed by atoms with Crippen LogP contribution < -0.4 is 0 Å². The van der Waals surface area contributed by atoms with Gasteiger partial charge < -0.3 is 14.1 Å². The van der Waals surface area contributed by atoms with Gasteiger partial charge in [0.15, 0.2) is 0 Å². The van der Waals surface area contributed by atoms with Gasteiger partial charge in [0.05, 0.1) is 0 Å². The van der Waals surface area contributed by atoms with Crippen LogP contribution in [-0.4, -0.2) is 61.7 Å². The Morgan fingerprint density at radius 1 is 1.04 bits per heavy atom. The summed E-state index contributed by atoms with van der Waals surface area (Å²) in [6.45, 7) is 16.7. The van der Waals surface area contributed by atoms with Crippen LogP contribution in [0, 0.1) is 17.3 Å². The lowest BCUT2D eigenvalue weighted by Crippen LogP contribution is -2.43. The largest absolute Gasteiger partial charge is 0.507 e. The summed E-state index contributed by atoms with van der Waals surface area (Å²) in [5.41, 5.74) is -0.603. The topological polar surface area (TPSA) is 76.2 Å². The molecule has 2 heterocycles. The van der Waals surface area contributed by atoms with Crippen molar-refractivity contribution in [2.24, 2.45) is 17.3 Å². The van der Waals surface area contributed by atoms with E-state index in [1.165, 1.54) is 4.90 Å². The van der Waals surface area contributed by atoms with E-state index >= 15 is 0 Å². The molecule has 2 fully saturated rings. The molecule has 0 aliphatic carbocycles. The zero-order valence-electron chi connectivity index (χ0n) is 18.6. The van der Waals surface area contributed by atoms with Gasteiger partial charge in [0.1, 0.15) is 5.60 Å². The van der Waals surface area contributed by atoms with E-state index in [1.807, 2.05) is 13.1 Å². The van der Waals surface area contributed by atoms with Gasteiger partial charge in [0.25, 0.3) is 0 Å². The highest BCUT2D eigenvalue weighted by atomic mass is 28.3. The van der Waals surface area contributed by atoms with Crippen LogP contribution in [0.25, 0.3) is 0 Å². The molecular formula is C20H36N2O5Si. The number of rotatable bonds is 2. The minimum Gasteiger partial charge on any atom is -0.507 e. The highest BCUT2D eigenvalue weighted by Crippen LogP contribution is 2.41. The summed E-state index contributed by atoms with van der Waals surface area (Å²) in [5.74, 6) is 0.00307. The number of amides is 3. The maximum Gasteiger partial charge on any atom is 0.417 e. The van der Waals surface area contributed by atoms with E-state index in [4.69, 9.17) is 9.16 Å². The summed E-state index contributed by atoms with van der Waals surface area (Å²) in [6.07, 6.45) is 0.192. The smallest absolute Gasteiger partial charge is 0.417 e. The number of hydrogen-bond acceptors (Lipinski definition) is 5. The molecule has 8 heteroatoms. The van der Waals surface area contributed by atoms with Gasteiger partial charge in [0.2, 0.25) is 14.9 Å². The molecule has 2 aliphatic heterocycles. The summed E-state index contributed by atoms with van der Waals surface area (Å²) >= 11 is 0. The first-order valence-corrected chi connectivity index (χ1v) is 13.0. The first-order valence-electron chi connectivity index (χ1n) is 10.2. The highest BCUT2D eigenvalue weighted by molar-refractivity contribution is 6.50. The second-order valence-electron chi connectivity index (χ2n) is 10.4. The van der Waals surface area contributed by atoms with Gasteiger partial charge in [-0.1, -0.05) is 20.8 Å². The third kappa shape index (κ3) is 5.49. The van der Waals surface area contributed by atoms with Crippen LogP contribution in [0.2, 0.25) is 13.1 Å². The fourth-order valence-corrected chi connectivity index (χ4v) is 4.44. The molecule has 0 saturated carbocycles. The Hall–Kier alpha value is -1.57. The van der Waals surface area contributed by atoms with Gasteiger partial charge in [-0.3, -0.25) is 4.79 Å². The first kappa shape index (κ1) is 22.7. The summed E-state index contributed by atoms with van der Waals surface area (Å²) in [4.78, 5) is 40.6. The van der Waals surface area contributed by atoms with Gasteiger partial charge in [-0.15, -0.1) is 0 Å². The maximum atomic E-state index is 12.7. The van der Waals surface area contributed by atoms with E-state index in [2.05, 4.69) is 20.8 Å². The Kier molecular flexibility index (Phi) is 6.53. The average Bonchev–Trinajstić information content (AvgIpc) is 3.07. The van der Waals surface area contributed by atoms with E-state index in [-0.39, 0.29) is 42.3 Å². The van der Waals surface area contributed by atoms with Crippen LogP contribution in [-0.2, 0) is 14.0 Å². The van der Waals surface area contributed by atoms with Gasteiger partial charge in [-0.25, -0.2) is 14.5 Å². The number of nitrogens with zero attached hydrogens (tertiary/aromatic N) is 2. The van der Waals surface area contributed by atoms with Crippen molar-refractivity contribution in [1.29, 1.82) is 0 Å². The standard InChI is InChI=1S/C20H36N2O5Si/c1-19(2,3)14-10-15(21(12-14)18(25)27-28(7)8)13-9-16(23)22(11-13)17(24)26-20(4,5)6/h13-15,28H,9-12H2,1-8H3/t13?,14-,15-/m0/s1. The van der Waals surface area contributed by atoms with Crippen molar-refractivity contribution >= 4 is 27.1 Å². The van der Waals surface area contributed by atoms with Crippen LogP contribution in [0.1, 0.15) is 54.4 Å². The minimum atomic E-state index is -1.52. The third-order valence-electron chi connectivity index (χ3n) is 5.45. The Bertz CT molecular complexity index is 623. The molecule has 7 nitrogen and oxygen atoms in total. The van der Waals surface area contributed by atoms with Crippen LogP contribution >= 0.6 is 0 Å². The Morgan fingerprint density at radius 2 is 1.64 bits per heavy atom. The number of likely N-dealkylation sites (tertiary alicyclic amines) is 2. The average molecular weight is 413 g/mol. The van der Waals surface area contributed by atoms with Gasteiger partial charge in [-0.2, -0.15) is 0 Å². The van der Waals surface area contributed by atoms with Crippen molar-refractivity contribution < 1.29 is 23.5 Å². The SMILES string of the molecule is C[SiH](C)OC(=O)N1C[C@@H](C(C)(C)C)C[C@H]1C1CC(=O)N(C(=O)OC(C)(C)C)C1. The number of ether oxygens (including phenoxy) is 1. The Balaban J connectivity index is 2.17. The fourth-order valence-electron chi connectivity index (χ4n) is 3.91.